The predicted octanol–water partition coefficient (Wildman–Crippen LogP) is 11.9. The van der Waals surface area contributed by atoms with Crippen LogP contribution in [-0.4, -0.2) is 159 Å². The number of aromatic hydroxyl groups is 3. The van der Waals surface area contributed by atoms with E-state index in [1.165, 1.54) is 83.2 Å². The number of benzene rings is 5. The molecule has 4 fully saturated rings. The van der Waals surface area contributed by atoms with Gasteiger partial charge in [0.1, 0.15) is 16.9 Å². The number of aliphatic hydroxyl groups is 1. The lowest BCUT2D eigenvalue weighted by atomic mass is 9.49. The van der Waals surface area contributed by atoms with Crippen molar-refractivity contribution in [2.75, 3.05) is 64.6 Å². The van der Waals surface area contributed by atoms with Crippen LogP contribution in [-0.2, 0) is 31.0 Å². The molecule has 20 nitrogen and oxygen atoms in total. The Hall–Kier alpha value is -8.60. The van der Waals surface area contributed by atoms with Crippen molar-refractivity contribution in [1.29, 1.82) is 0 Å². The number of pyridine rings is 1. The van der Waals surface area contributed by atoms with E-state index in [1.54, 1.807) is 30.3 Å². The maximum atomic E-state index is 12.7. The van der Waals surface area contributed by atoms with Crippen molar-refractivity contribution in [3.05, 3.63) is 169 Å². The number of amides is 5. The number of barbiturate groups is 1. The fourth-order valence-corrected chi connectivity index (χ4v) is 15.4. The van der Waals surface area contributed by atoms with Gasteiger partial charge < -0.3 is 50.3 Å². The number of likely N-dealkylation sites (N-methyl/N-ethyl adjacent to an activating group) is 1. The molecular formula is C76H96N8O12S. The van der Waals surface area contributed by atoms with E-state index in [1.807, 2.05) is 43.8 Å². The first-order valence-corrected chi connectivity index (χ1v) is 34.3. The van der Waals surface area contributed by atoms with Crippen molar-refractivity contribution in [2.24, 2.45) is 23.2 Å². The first kappa shape index (κ1) is 74.2. The van der Waals surface area contributed by atoms with Gasteiger partial charge in [0.15, 0.2) is 23.4 Å². The fourth-order valence-electron chi connectivity index (χ4n) is 14.3. The van der Waals surface area contributed by atoms with Crippen molar-refractivity contribution in [3.63, 3.8) is 0 Å². The molecule has 4 aliphatic heterocycles. The number of allylic oxidation sites excluding steroid dienone is 1. The fraction of sp³-hybridized carbons (Fsp3) is 0.434. The van der Waals surface area contributed by atoms with Gasteiger partial charge in [-0.05, 0) is 200 Å². The number of imide groups is 2. The van der Waals surface area contributed by atoms with Gasteiger partial charge in [-0.3, -0.25) is 39.7 Å². The number of carbonyl (C=O) groups is 6. The average molecular weight is 1350 g/mol. The Morgan fingerprint density at radius 3 is 2.01 bits per heavy atom. The second-order valence-corrected chi connectivity index (χ2v) is 27.9. The molecule has 2 unspecified atom stereocenters. The lowest BCUT2D eigenvalue weighted by Gasteiger charge is -2.62. The Bertz CT molecular complexity index is 3690. The monoisotopic (exact) mass is 1340 g/mol. The van der Waals surface area contributed by atoms with Gasteiger partial charge in [0, 0.05) is 78.5 Å². The number of phenols is 3. The molecule has 0 radical (unpaired) electrons. The van der Waals surface area contributed by atoms with Crippen LogP contribution in [0.2, 0.25) is 0 Å². The lowest BCUT2D eigenvalue weighted by molar-refractivity contribution is -0.188. The number of Topliss-reactive ketones (excluding diaryl/α,β-unsaturated/α-hetero) is 1. The minimum atomic E-state index is -1.20. The highest BCUT2D eigenvalue weighted by molar-refractivity contribution is 7.99. The number of piperidine rings is 1. The number of aromatic carboxylic acids is 1. The smallest absolute Gasteiger partial charge is 0.337 e. The molecule has 5 amide bonds. The quantitative estimate of drug-likeness (QED) is 0.0254. The number of carboxylic acid groups (broad SMARTS) is 1. The highest BCUT2D eigenvalue weighted by Gasteiger charge is 2.73. The number of aromatic nitrogens is 1. The van der Waals surface area contributed by atoms with Crippen LogP contribution < -0.4 is 25.6 Å². The maximum absolute atomic E-state index is 12.7. The molecule has 21 heteroatoms. The zero-order chi connectivity index (χ0) is 70.5. The lowest BCUT2D eigenvalue weighted by Crippen LogP contribution is -2.76. The number of hydrogen-bond donors (Lipinski definition) is 8. The normalized spacial score (nSPS) is 21.6. The van der Waals surface area contributed by atoms with Gasteiger partial charge in [-0.1, -0.05) is 94.4 Å². The molecule has 8 atom stereocenters. The van der Waals surface area contributed by atoms with Gasteiger partial charge in [0.05, 0.1) is 28.0 Å². The second kappa shape index (κ2) is 32.6. The van der Waals surface area contributed by atoms with E-state index < -0.39 is 46.3 Å². The number of hydrogen-bond acceptors (Lipinski definition) is 17. The molecular weight excluding hydrogens is 1250 g/mol. The van der Waals surface area contributed by atoms with Gasteiger partial charge in [0.25, 0.3) is 0 Å². The largest absolute Gasteiger partial charge is 0.508 e. The third-order valence-corrected chi connectivity index (χ3v) is 20.9. The van der Waals surface area contributed by atoms with E-state index >= 15 is 0 Å². The van der Waals surface area contributed by atoms with Gasteiger partial charge in [-0.15, -0.1) is 6.58 Å². The summed E-state index contributed by atoms with van der Waals surface area (Å²) < 4.78 is 6.04. The molecule has 97 heavy (non-hydrogen) atoms. The standard InChI is InChI=1S/C20H23NO4.C17H20N2S.C14H23NO.C11H16N2O3.C8H9NO2.C6H5NO2/c22-13-4-3-12-9-15-20(24)6-5-14(23)18-19(20,16(12)17(13)25-18)7-8-21(15)10-11-1-2-11;1-13(18(2)3)12-19-14-8-4-6-10-16(14)20-17-11-7-5-9-15(17)19;1-5-14(11(2)10-15(3)4)12-7-6-8-13(16)9-12;1-4-6-11(7(3)5-2)8(14)12-10(16)13-9(11)15;1-6(10)9-7-2-4-8(11)5-3-7;8-6(9)5-2-1-3-7-4-5/h3-4,11,15,18,22,24H,1-2,5-10H2;4-11,13H,12H2,1-3H3;6-9,11,14,16H,5,10H2,1-4H3;4,7H,1,5-6H2,2-3H3,(H2,12,13,14,15,16);2-5,11H,1H3,(H,9,10);1-4H,(H,8,9)/t15-,18+,19+,20-;;11-,14+;;;/m1.0.../s1. The molecule has 518 valence electrons. The minimum Gasteiger partial charge on any atom is -0.508 e. The van der Waals surface area contributed by atoms with Crippen LogP contribution in [0.3, 0.4) is 0 Å². The number of likely N-dealkylation sites (tertiary alicyclic amines) is 1. The van der Waals surface area contributed by atoms with Crippen molar-refractivity contribution in [1.82, 2.24) is 30.3 Å². The number of ether oxygens (including phenoxy) is 1. The number of carbonyl (C=O) groups excluding carboxylic acids is 5. The Labute approximate surface area is 574 Å². The van der Waals surface area contributed by atoms with Crippen LogP contribution >= 0.6 is 11.8 Å². The number of anilines is 3. The van der Waals surface area contributed by atoms with Crippen LogP contribution in [0, 0.1) is 23.2 Å². The summed E-state index contributed by atoms with van der Waals surface area (Å²) in [5, 5.41) is 55.9. The maximum Gasteiger partial charge on any atom is 0.337 e. The second-order valence-electron chi connectivity index (χ2n) is 26.8. The van der Waals surface area contributed by atoms with E-state index in [0.29, 0.717) is 54.3 Å². The molecule has 3 aliphatic carbocycles. The number of urea groups is 1. The van der Waals surface area contributed by atoms with E-state index in [9.17, 15) is 44.1 Å². The highest BCUT2D eigenvalue weighted by atomic mass is 32.2. The molecule has 6 aromatic rings. The van der Waals surface area contributed by atoms with E-state index in [4.69, 9.17) is 14.9 Å². The molecule has 13 rings (SSSR count). The number of nitrogens with one attached hydrogen (secondary N) is 3. The number of carboxylic acids is 1. The molecule has 7 aliphatic rings. The Morgan fingerprint density at radius 2 is 1.47 bits per heavy atom. The third kappa shape index (κ3) is 16.9. The Morgan fingerprint density at radius 1 is 0.825 bits per heavy atom. The summed E-state index contributed by atoms with van der Waals surface area (Å²) in [4.78, 5) is 83.9. The predicted molar refractivity (Wildman–Crippen MR) is 378 cm³/mol. The van der Waals surface area contributed by atoms with Crippen LogP contribution in [0.4, 0.5) is 21.9 Å². The number of fused-ring (bicyclic) bond motifs is 2. The molecule has 2 saturated carbocycles. The van der Waals surface area contributed by atoms with Crippen LogP contribution in [0.25, 0.3) is 0 Å². The highest BCUT2D eigenvalue weighted by Crippen LogP contribution is 2.65. The van der Waals surface area contributed by atoms with Gasteiger partial charge in [-0.25, -0.2) is 9.59 Å². The summed E-state index contributed by atoms with van der Waals surface area (Å²) in [6.45, 7) is 19.5. The zero-order valence-corrected chi connectivity index (χ0v) is 58.3. The SMILES string of the molecule is C=CCC1(C(C)CC)C(=O)NC(=O)NC1=O.CC(=O)Nc1ccc(O)cc1.CC(CN1c2ccccc2Sc2ccccc21)N(C)C.CC[C@@H](c1cccc(O)c1)[C@@H](C)CN(C)C.O=C(O)c1cccnc1.O=C1CC[C@@]2(O)[C@H]3Cc4ccc(O)c5c4[C@@]2(CCN3CC2CC2)[C@H]1O5. The van der Waals surface area contributed by atoms with Crippen molar-refractivity contribution in [3.8, 4) is 23.0 Å². The summed E-state index contributed by atoms with van der Waals surface area (Å²) >= 11 is 1.87. The Kier molecular flexibility index (Phi) is 25.0. The van der Waals surface area contributed by atoms with Crippen molar-refractivity contribution >= 4 is 64.3 Å². The van der Waals surface area contributed by atoms with Crippen molar-refractivity contribution in [2.45, 2.75) is 144 Å². The number of rotatable bonds is 16. The summed E-state index contributed by atoms with van der Waals surface area (Å²) in [5.41, 5.74) is 4.05. The summed E-state index contributed by atoms with van der Waals surface area (Å²) in [7, 11) is 8.49. The molecule has 2 saturated heterocycles. The zero-order valence-electron chi connectivity index (χ0n) is 57.5. The molecule has 1 spiro atoms. The minimum absolute atomic E-state index is 0.0454. The number of nitrogens with zero attached hydrogens (tertiary/aromatic N) is 5. The van der Waals surface area contributed by atoms with Gasteiger partial charge in [-0.2, -0.15) is 0 Å². The van der Waals surface area contributed by atoms with Gasteiger partial charge in [0.2, 0.25) is 17.7 Å². The van der Waals surface area contributed by atoms with Crippen LogP contribution in [0.15, 0.2) is 156 Å². The van der Waals surface area contributed by atoms with E-state index in [-0.39, 0.29) is 47.1 Å². The number of ketones is 1. The summed E-state index contributed by atoms with van der Waals surface area (Å²) in [5.74, 6) is 0.798. The molecule has 2 bridgehead atoms. The average Bonchev–Trinajstić information content (AvgIpc) is 1.58. The third-order valence-electron chi connectivity index (χ3n) is 19.8. The van der Waals surface area contributed by atoms with Crippen LogP contribution in [0.5, 0.6) is 23.0 Å². The topological polar surface area (TPSA) is 275 Å². The summed E-state index contributed by atoms with van der Waals surface area (Å²) in [6.07, 6.45) is 10.7. The molecule has 8 N–H and O–H groups in total. The number of phenolic OH excluding ortho intramolecular Hbond substituents is 3. The first-order valence-electron chi connectivity index (χ1n) is 33.4. The Balaban J connectivity index is 0.000000153. The molecule has 5 aromatic carbocycles. The number of para-hydroxylation sites is 2. The van der Waals surface area contributed by atoms with Crippen LogP contribution in [0.1, 0.15) is 126 Å². The molecule has 1 aromatic heterocycles. The molecule has 5 heterocycles. The van der Waals surface area contributed by atoms with Gasteiger partial charge >= 0.3 is 12.0 Å². The van der Waals surface area contributed by atoms with E-state index in [0.717, 1.165) is 62.5 Å². The van der Waals surface area contributed by atoms with Crippen molar-refractivity contribution < 1.29 is 59.0 Å². The van der Waals surface area contributed by atoms with E-state index in [2.05, 4.69) is 151 Å². The summed E-state index contributed by atoms with van der Waals surface area (Å²) in [6, 6.07) is 37.8. The first-order chi connectivity index (χ1) is 46.2.